The zero-order valence-electron chi connectivity index (χ0n) is 10.4. The molecule has 1 unspecified atom stereocenters. The summed E-state index contributed by atoms with van der Waals surface area (Å²) in [6, 6.07) is 4.53. The number of rotatable bonds is 4. The summed E-state index contributed by atoms with van der Waals surface area (Å²) in [7, 11) is 1.58. The molecule has 0 aliphatic carbocycles. The first-order chi connectivity index (χ1) is 7.36. The average Bonchev–Trinajstić information content (AvgIpc) is 2.17. The lowest BCUT2D eigenvalue weighted by atomic mass is 9.83. The van der Waals surface area contributed by atoms with Crippen molar-refractivity contribution in [3.8, 4) is 5.75 Å². The Hall–Kier alpha value is -1.09. The molecule has 0 heterocycles. The minimum atomic E-state index is -0.360. The molecule has 0 spiro atoms. The molecule has 0 radical (unpaired) electrons. The van der Waals surface area contributed by atoms with E-state index in [1.165, 1.54) is 12.1 Å². The predicted molar refractivity (Wildman–Crippen MR) is 64.1 cm³/mol. The molecular weight excluding hydrogens is 205 g/mol. The first-order valence-corrected chi connectivity index (χ1v) is 5.48. The zero-order valence-corrected chi connectivity index (χ0v) is 10.4. The van der Waals surface area contributed by atoms with E-state index in [1.54, 1.807) is 13.2 Å². The number of methoxy groups -OCH3 is 1. The molecule has 0 aliphatic rings. The molecular formula is C13H20FNO. The highest BCUT2D eigenvalue weighted by Gasteiger charge is 2.25. The molecule has 1 rings (SSSR count). The van der Waals surface area contributed by atoms with Crippen molar-refractivity contribution in [2.24, 2.45) is 11.7 Å². The Morgan fingerprint density at radius 3 is 2.56 bits per heavy atom. The summed E-state index contributed by atoms with van der Waals surface area (Å²) in [6.07, 6.45) is 0.603. The summed E-state index contributed by atoms with van der Waals surface area (Å²) in [5.41, 5.74) is 6.65. The fraction of sp³-hybridized carbons (Fsp3) is 0.538. The van der Waals surface area contributed by atoms with E-state index in [4.69, 9.17) is 10.5 Å². The summed E-state index contributed by atoms with van der Waals surface area (Å²) in [5, 5.41) is 0. The van der Waals surface area contributed by atoms with Crippen LogP contribution >= 0.6 is 0 Å². The van der Waals surface area contributed by atoms with E-state index < -0.39 is 0 Å². The normalized spacial score (nSPS) is 14.9. The summed E-state index contributed by atoms with van der Waals surface area (Å²) >= 11 is 0. The van der Waals surface area contributed by atoms with E-state index >= 15 is 0 Å². The Morgan fingerprint density at radius 1 is 1.44 bits per heavy atom. The number of hydrogen-bond acceptors (Lipinski definition) is 2. The zero-order chi connectivity index (χ0) is 12.3. The largest absolute Gasteiger partial charge is 0.496 e. The van der Waals surface area contributed by atoms with Gasteiger partial charge in [-0.15, -0.1) is 0 Å². The van der Waals surface area contributed by atoms with Crippen LogP contribution in [0.25, 0.3) is 0 Å². The third-order valence-corrected chi connectivity index (χ3v) is 3.13. The molecule has 0 saturated carbocycles. The van der Waals surface area contributed by atoms with Gasteiger partial charge in [-0.05, 0) is 43.0 Å². The van der Waals surface area contributed by atoms with E-state index in [0.29, 0.717) is 18.1 Å². The van der Waals surface area contributed by atoms with Gasteiger partial charge in [-0.1, -0.05) is 13.8 Å². The summed E-state index contributed by atoms with van der Waals surface area (Å²) in [4.78, 5) is 0. The van der Waals surface area contributed by atoms with Gasteiger partial charge in [0, 0.05) is 5.54 Å². The standard InChI is InChI=1S/C13H20FNO/c1-9(2)13(3,15)8-10-7-11(14)5-6-12(10)16-4/h5-7,9H,8,15H2,1-4H3. The molecule has 0 bridgehead atoms. The van der Waals surface area contributed by atoms with Gasteiger partial charge in [0.05, 0.1) is 7.11 Å². The second-order valence-corrected chi connectivity index (χ2v) is 4.79. The molecule has 1 aromatic carbocycles. The van der Waals surface area contributed by atoms with Crippen molar-refractivity contribution in [1.29, 1.82) is 0 Å². The second kappa shape index (κ2) is 4.83. The Labute approximate surface area is 96.6 Å². The number of hydrogen-bond donors (Lipinski definition) is 1. The molecule has 2 N–H and O–H groups in total. The summed E-state index contributed by atoms with van der Waals surface area (Å²) in [5.74, 6) is 0.759. The van der Waals surface area contributed by atoms with Gasteiger partial charge in [-0.2, -0.15) is 0 Å². The average molecular weight is 225 g/mol. The first kappa shape index (κ1) is 13.0. The Kier molecular flexibility index (Phi) is 3.92. The molecule has 0 amide bonds. The lowest BCUT2D eigenvalue weighted by Gasteiger charge is -2.29. The van der Waals surface area contributed by atoms with Crippen LogP contribution in [0.2, 0.25) is 0 Å². The minimum Gasteiger partial charge on any atom is -0.496 e. The van der Waals surface area contributed by atoms with Gasteiger partial charge in [0.15, 0.2) is 0 Å². The lowest BCUT2D eigenvalue weighted by molar-refractivity contribution is 0.329. The van der Waals surface area contributed by atoms with Crippen molar-refractivity contribution < 1.29 is 9.13 Å². The number of ether oxygens (including phenoxy) is 1. The Balaban J connectivity index is 2.99. The van der Waals surface area contributed by atoms with E-state index in [1.807, 2.05) is 6.92 Å². The van der Waals surface area contributed by atoms with E-state index in [2.05, 4.69) is 13.8 Å². The van der Waals surface area contributed by atoms with Crippen molar-refractivity contribution in [1.82, 2.24) is 0 Å². The molecule has 16 heavy (non-hydrogen) atoms. The molecule has 90 valence electrons. The highest BCUT2D eigenvalue weighted by molar-refractivity contribution is 5.35. The molecule has 1 atom stereocenters. The van der Waals surface area contributed by atoms with Gasteiger partial charge < -0.3 is 10.5 Å². The van der Waals surface area contributed by atoms with Gasteiger partial charge in [0.25, 0.3) is 0 Å². The maximum Gasteiger partial charge on any atom is 0.123 e. The second-order valence-electron chi connectivity index (χ2n) is 4.79. The highest BCUT2D eigenvalue weighted by atomic mass is 19.1. The maximum atomic E-state index is 13.2. The van der Waals surface area contributed by atoms with Gasteiger partial charge in [0.2, 0.25) is 0 Å². The van der Waals surface area contributed by atoms with Crippen molar-refractivity contribution in [3.05, 3.63) is 29.6 Å². The number of nitrogens with two attached hydrogens (primary N) is 1. The SMILES string of the molecule is COc1ccc(F)cc1CC(C)(N)C(C)C. The van der Waals surface area contributed by atoms with Gasteiger partial charge in [0.1, 0.15) is 11.6 Å². The molecule has 0 saturated heterocycles. The van der Waals surface area contributed by atoms with Crippen molar-refractivity contribution >= 4 is 0 Å². The van der Waals surface area contributed by atoms with Crippen LogP contribution in [0.15, 0.2) is 18.2 Å². The molecule has 2 nitrogen and oxygen atoms in total. The molecule has 0 fully saturated rings. The topological polar surface area (TPSA) is 35.2 Å². The monoisotopic (exact) mass is 225 g/mol. The van der Waals surface area contributed by atoms with Crippen molar-refractivity contribution in [2.45, 2.75) is 32.7 Å². The predicted octanol–water partition coefficient (Wildman–Crippen LogP) is 2.75. The summed E-state index contributed by atoms with van der Waals surface area (Å²) in [6.45, 7) is 6.10. The van der Waals surface area contributed by atoms with Gasteiger partial charge >= 0.3 is 0 Å². The minimum absolute atomic E-state index is 0.254. The fourth-order valence-electron chi connectivity index (χ4n) is 1.50. The fourth-order valence-corrected chi connectivity index (χ4v) is 1.50. The number of halogens is 1. The number of benzene rings is 1. The highest BCUT2D eigenvalue weighted by Crippen LogP contribution is 2.26. The van der Waals surface area contributed by atoms with Gasteiger partial charge in [-0.25, -0.2) is 4.39 Å². The van der Waals surface area contributed by atoms with Crippen LogP contribution < -0.4 is 10.5 Å². The van der Waals surface area contributed by atoms with Crippen LogP contribution in [0.5, 0.6) is 5.75 Å². The van der Waals surface area contributed by atoms with Crippen LogP contribution in [0.1, 0.15) is 26.3 Å². The van der Waals surface area contributed by atoms with Crippen molar-refractivity contribution in [3.63, 3.8) is 0 Å². The van der Waals surface area contributed by atoms with Crippen molar-refractivity contribution in [2.75, 3.05) is 7.11 Å². The maximum absolute atomic E-state index is 13.2. The first-order valence-electron chi connectivity index (χ1n) is 5.48. The third-order valence-electron chi connectivity index (χ3n) is 3.13. The van der Waals surface area contributed by atoms with Crippen LogP contribution in [0, 0.1) is 11.7 Å². The smallest absolute Gasteiger partial charge is 0.123 e. The quantitative estimate of drug-likeness (QED) is 0.855. The van der Waals surface area contributed by atoms with E-state index in [9.17, 15) is 4.39 Å². The Morgan fingerprint density at radius 2 is 2.06 bits per heavy atom. The molecule has 0 aromatic heterocycles. The van der Waals surface area contributed by atoms with Crippen LogP contribution in [-0.4, -0.2) is 12.6 Å². The van der Waals surface area contributed by atoms with Crippen LogP contribution in [0.4, 0.5) is 4.39 Å². The van der Waals surface area contributed by atoms with Gasteiger partial charge in [-0.3, -0.25) is 0 Å². The Bertz CT molecular complexity index is 361. The molecule has 1 aromatic rings. The van der Waals surface area contributed by atoms with Crippen LogP contribution in [0.3, 0.4) is 0 Å². The third kappa shape index (κ3) is 2.95. The van der Waals surface area contributed by atoms with E-state index in [-0.39, 0.29) is 11.4 Å². The molecule has 0 aliphatic heterocycles. The molecule has 3 heteroatoms. The van der Waals surface area contributed by atoms with Crippen LogP contribution in [-0.2, 0) is 6.42 Å². The van der Waals surface area contributed by atoms with E-state index in [0.717, 1.165) is 5.56 Å². The lowest BCUT2D eigenvalue weighted by Crippen LogP contribution is -2.43. The summed E-state index contributed by atoms with van der Waals surface area (Å²) < 4.78 is 18.4.